The van der Waals surface area contributed by atoms with Crippen molar-refractivity contribution in [3.63, 3.8) is 0 Å². The second kappa shape index (κ2) is 5.98. The molecule has 0 saturated heterocycles. The first kappa shape index (κ1) is 14.4. The highest BCUT2D eigenvalue weighted by Gasteiger charge is 2.17. The van der Waals surface area contributed by atoms with Crippen LogP contribution in [0.3, 0.4) is 0 Å². The molecule has 1 unspecified atom stereocenters. The van der Waals surface area contributed by atoms with Crippen LogP contribution in [0.1, 0.15) is 21.6 Å². The maximum atomic E-state index is 13.6. The standard InChI is InChI=1S/C15H17FN2O2/c1-18-8-10(6-12(18)7-11(17)9-19)15(20)13-4-2-3-5-14(13)16/h2-6,8,11,19H,7,9,17H2,1H3. The van der Waals surface area contributed by atoms with Crippen molar-refractivity contribution < 1.29 is 14.3 Å². The zero-order chi connectivity index (χ0) is 14.7. The van der Waals surface area contributed by atoms with Gasteiger partial charge in [0.1, 0.15) is 5.82 Å². The third-order valence-electron chi connectivity index (χ3n) is 3.19. The predicted molar refractivity (Wildman–Crippen MR) is 74.0 cm³/mol. The van der Waals surface area contributed by atoms with Gasteiger partial charge < -0.3 is 15.4 Å². The van der Waals surface area contributed by atoms with E-state index in [-0.39, 0.29) is 24.0 Å². The molecule has 0 radical (unpaired) electrons. The number of aromatic nitrogens is 1. The molecule has 106 valence electrons. The van der Waals surface area contributed by atoms with Gasteiger partial charge in [0.25, 0.3) is 0 Å². The Labute approximate surface area is 116 Å². The molecule has 2 aromatic rings. The SMILES string of the molecule is Cn1cc(C(=O)c2ccccc2F)cc1CC(N)CO. The minimum Gasteiger partial charge on any atom is -0.395 e. The fourth-order valence-electron chi connectivity index (χ4n) is 2.07. The maximum absolute atomic E-state index is 13.6. The molecule has 0 saturated carbocycles. The van der Waals surface area contributed by atoms with E-state index >= 15 is 0 Å². The van der Waals surface area contributed by atoms with E-state index in [9.17, 15) is 9.18 Å². The van der Waals surface area contributed by atoms with Gasteiger partial charge in [0.2, 0.25) is 0 Å². The van der Waals surface area contributed by atoms with Crippen molar-refractivity contribution in [2.45, 2.75) is 12.5 Å². The summed E-state index contributed by atoms with van der Waals surface area (Å²) in [7, 11) is 1.79. The molecule has 3 N–H and O–H groups in total. The van der Waals surface area contributed by atoms with Crippen LogP contribution < -0.4 is 5.73 Å². The summed E-state index contributed by atoms with van der Waals surface area (Å²) < 4.78 is 15.4. The number of halogens is 1. The smallest absolute Gasteiger partial charge is 0.197 e. The number of hydrogen-bond acceptors (Lipinski definition) is 3. The summed E-state index contributed by atoms with van der Waals surface area (Å²) >= 11 is 0. The molecule has 0 bridgehead atoms. The number of ketones is 1. The molecule has 20 heavy (non-hydrogen) atoms. The molecule has 1 atom stereocenters. The number of nitrogens with zero attached hydrogens (tertiary/aromatic N) is 1. The number of aryl methyl sites for hydroxylation is 1. The number of aliphatic hydroxyl groups is 1. The molecule has 0 fully saturated rings. The van der Waals surface area contributed by atoms with E-state index in [1.54, 1.807) is 36.0 Å². The quantitative estimate of drug-likeness (QED) is 0.808. The van der Waals surface area contributed by atoms with E-state index in [2.05, 4.69) is 0 Å². The molecule has 4 nitrogen and oxygen atoms in total. The third kappa shape index (κ3) is 2.95. The first-order chi connectivity index (χ1) is 9.52. The van der Waals surface area contributed by atoms with Gasteiger partial charge in [0.15, 0.2) is 5.78 Å². The van der Waals surface area contributed by atoms with E-state index in [1.165, 1.54) is 12.1 Å². The maximum Gasteiger partial charge on any atom is 0.197 e. The monoisotopic (exact) mass is 276 g/mol. The molecule has 5 heteroatoms. The van der Waals surface area contributed by atoms with Crippen LogP contribution in [0.2, 0.25) is 0 Å². The van der Waals surface area contributed by atoms with Crippen molar-refractivity contribution in [2.24, 2.45) is 12.8 Å². The Kier molecular flexibility index (Phi) is 4.32. The van der Waals surface area contributed by atoms with Gasteiger partial charge in [-0.2, -0.15) is 0 Å². The zero-order valence-electron chi connectivity index (χ0n) is 11.2. The van der Waals surface area contributed by atoms with Gasteiger partial charge in [-0.25, -0.2) is 4.39 Å². The minimum atomic E-state index is -0.532. The topological polar surface area (TPSA) is 68.2 Å². The third-order valence-corrected chi connectivity index (χ3v) is 3.19. The Morgan fingerprint density at radius 3 is 2.80 bits per heavy atom. The summed E-state index contributed by atoms with van der Waals surface area (Å²) in [6.07, 6.45) is 2.10. The normalized spacial score (nSPS) is 12.4. The lowest BCUT2D eigenvalue weighted by atomic mass is 10.0. The highest BCUT2D eigenvalue weighted by atomic mass is 19.1. The van der Waals surface area contributed by atoms with Crippen molar-refractivity contribution >= 4 is 5.78 Å². The first-order valence-corrected chi connectivity index (χ1v) is 6.34. The van der Waals surface area contributed by atoms with Crippen LogP contribution >= 0.6 is 0 Å². The number of nitrogens with two attached hydrogens (primary N) is 1. The molecule has 0 spiro atoms. The average Bonchev–Trinajstić information content (AvgIpc) is 2.80. The molecular formula is C15H17FN2O2. The van der Waals surface area contributed by atoms with Crippen molar-refractivity contribution in [1.29, 1.82) is 0 Å². The molecule has 1 aromatic carbocycles. The van der Waals surface area contributed by atoms with Gasteiger partial charge in [-0.05, 0) is 18.2 Å². The summed E-state index contributed by atoms with van der Waals surface area (Å²) in [5.74, 6) is -0.891. The number of carbonyl (C=O) groups excluding carboxylic acids is 1. The molecule has 0 aliphatic carbocycles. The van der Waals surface area contributed by atoms with Crippen molar-refractivity contribution in [2.75, 3.05) is 6.61 Å². The number of aliphatic hydroxyl groups excluding tert-OH is 1. The van der Waals surface area contributed by atoms with Crippen LogP contribution in [0.15, 0.2) is 36.5 Å². The fourth-order valence-corrected chi connectivity index (χ4v) is 2.07. The molecular weight excluding hydrogens is 259 g/mol. The minimum absolute atomic E-state index is 0.0520. The zero-order valence-corrected chi connectivity index (χ0v) is 11.2. The number of carbonyl (C=O) groups is 1. The van der Waals surface area contributed by atoms with Crippen LogP contribution in [0.25, 0.3) is 0 Å². The number of rotatable bonds is 5. The Bertz CT molecular complexity index is 622. The van der Waals surface area contributed by atoms with Gasteiger partial charge >= 0.3 is 0 Å². The van der Waals surface area contributed by atoms with Crippen molar-refractivity contribution in [3.8, 4) is 0 Å². The average molecular weight is 276 g/mol. The Hall–Kier alpha value is -1.98. The Morgan fingerprint density at radius 2 is 2.15 bits per heavy atom. The van der Waals surface area contributed by atoms with Gasteiger partial charge in [0, 0.05) is 37.0 Å². The summed E-state index contributed by atoms with van der Waals surface area (Å²) in [4.78, 5) is 12.3. The van der Waals surface area contributed by atoms with E-state index in [0.717, 1.165) is 5.69 Å². The molecule has 1 heterocycles. The van der Waals surface area contributed by atoms with Gasteiger partial charge in [0.05, 0.1) is 12.2 Å². The van der Waals surface area contributed by atoms with Gasteiger partial charge in [-0.15, -0.1) is 0 Å². The van der Waals surface area contributed by atoms with Crippen LogP contribution in [0.5, 0.6) is 0 Å². The summed E-state index contributed by atoms with van der Waals surface area (Å²) in [6, 6.07) is 7.21. The van der Waals surface area contributed by atoms with Crippen LogP contribution in [0.4, 0.5) is 4.39 Å². The largest absolute Gasteiger partial charge is 0.395 e. The molecule has 0 amide bonds. The van der Waals surface area contributed by atoms with Crippen LogP contribution in [-0.2, 0) is 13.5 Å². The summed E-state index contributed by atoms with van der Waals surface area (Å²) in [6.45, 7) is -0.123. The van der Waals surface area contributed by atoms with E-state index in [1.807, 2.05) is 0 Å². The second-order valence-corrected chi connectivity index (χ2v) is 4.79. The van der Waals surface area contributed by atoms with Crippen LogP contribution in [-0.4, -0.2) is 28.1 Å². The van der Waals surface area contributed by atoms with E-state index in [0.29, 0.717) is 12.0 Å². The van der Waals surface area contributed by atoms with Crippen molar-refractivity contribution in [3.05, 3.63) is 59.2 Å². The van der Waals surface area contributed by atoms with Crippen LogP contribution in [0, 0.1) is 5.82 Å². The number of benzene rings is 1. The number of hydrogen-bond donors (Lipinski definition) is 2. The second-order valence-electron chi connectivity index (χ2n) is 4.79. The summed E-state index contributed by atoms with van der Waals surface area (Å²) in [5.41, 5.74) is 6.98. The van der Waals surface area contributed by atoms with Gasteiger partial charge in [-0.3, -0.25) is 4.79 Å². The molecule has 0 aliphatic heterocycles. The Balaban J connectivity index is 2.28. The van der Waals surface area contributed by atoms with E-state index in [4.69, 9.17) is 10.8 Å². The fraction of sp³-hybridized carbons (Fsp3) is 0.267. The molecule has 2 rings (SSSR count). The predicted octanol–water partition coefficient (Wildman–Crippen LogP) is 1.26. The molecule has 0 aliphatic rings. The van der Waals surface area contributed by atoms with Gasteiger partial charge in [-0.1, -0.05) is 12.1 Å². The first-order valence-electron chi connectivity index (χ1n) is 6.34. The highest BCUT2D eigenvalue weighted by Crippen LogP contribution is 2.16. The van der Waals surface area contributed by atoms with Crippen molar-refractivity contribution in [1.82, 2.24) is 4.57 Å². The lowest BCUT2D eigenvalue weighted by Crippen LogP contribution is -2.27. The molecule has 1 aromatic heterocycles. The lowest BCUT2D eigenvalue weighted by molar-refractivity contribution is 0.103. The Morgan fingerprint density at radius 1 is 1.45 bits per heavy atom. The summed E-state index contributed by atoms with van der Waals surface area (Å²) in [5, 5.41) is 8.97. The van der Waals surface area contributed by atoms with E-state index < -0.39 is 5.82 Å². The lowest BCUT2D eigenvalue weighted by Gasteiger charge is -2.08. The highest BCUT2D eigenvalue weighted by molar-refractivity contribution is 6.09.